The Hall–Kier alpha value is -3.28. The van der Waals surface area contributed by atoms with Crippen LogP contribution in [0.1, 0.15) is 26.3 Å². The second kappa shape index (κ2) is 10.2. The molecule has 0 fully saturated rings. The molecule has 0 aliphatic rings. The molecule has 0 amide bonds. The van der Waals surface area contributed by atoms with Crippen molar-refractivity contribution in [3.05, 3.63) is 65.2 Å². The SMILES string of the molecule is CN(C)N(C)c1ccc(C(=O)O)cc1C(F)(F)F.O=C(OC(F)(F)F)c1ccccc1. The van der Waals surface area contributed by atoms with Crippen molar-refractivity contribution in [3.63, 3.8) is 0 Å². The highest BCUT2D eigenvalue weighted by atomic mass is 19.4. The zero-order valence-electron chi connectivity index (χ0n) is 16.5. The quantitative estimate of drug-likeness (QED) is 0.413. The van der Waals surface area contributed by atoms with Crippen molar-refractivity contribution in [2.45, 2.75) is 12.5 Å². The van der Waals surface area contributed by atoms with Crippen LogP contribution in [-0.2, 0) is 10.9 Å². The summed E-state index contributed by atoms with van der Waals surface area (Å²) >= 11 is 0. The summed E-state index contributed by atoms with van der Waals surface area (Å²) < 4.78 is 76.5. The molecule has 2 rings (SSSR count). The van der Waals surface area contributed by atoms with Gasteiger partial charge in [0.05, 0.1) is 22.4 Å². The molecule has 31 heavy (non-hydrogen) atoms. The number of hydrogen-bond donors (Lipinski definition) is 1. The number of carbonyl (C=O) groups is 2. The van der Waals surface area contributed by atoms with Crippen molar-refractivity contribution >= 4 is 17.6 Å². The zero-order valence-corrected chi connectivity index (χ0v) is 16.5. The molecule has 0 radical (unpaired) electrons. The van der Waals surface area contributed by atoms with Gasteiger partial charge in [-0.15, -0.1) is 13.2 Å². The lowest BCUT2D eigenvalue weighted by Gasteiger charge is -2.29. The molecular weight excluding hydrogens is 434 g/mol. The Labute approximate surface area is 173 Å². The number of nitrogens with zero attached hydrogens (tertiary/aromatic N) is 2. The van der Waals surface area contributed by atoms with E-state index in [1.54, 1.807) is 20.2 Å². The molecule has 0 saturated carbocycles. The first-order valence-corrected chi connectivity index (χ1v) is 8.34. The Morgan fingerprint density at radius 1 is 0.871 bits per heavy atom. The summed E-state index contributed by atoms with van der Waals surface area (Å²) in [4.78, 5) is 21.4. The van der Waals surface area contributed by atoms with Crippen LogP contribution < -0.4 is 5.01 Å². The number of anilines is 1. The fraction of sp³-hybridized carbons (Fsp3) is 0.263. The molecule has 2 aromatic carbocycles. The van der Waals surface area contributed by atoms with E-state index in [-0.39, 0.29) is 11.3 Å². The van der Waals surface area contributed by atoms with Crippen molar-refractivity contribution in [2.75, 3.05) is 26.2 Å². The van der Waals surface area contributed by atoms with Gasteiger partial charge in [-0.3, -0.25) is 0 Å². The second-order valence-corrected chi connectivity index (χ2v) is 6.11. The third kappa shape index (κ3) is 8.16. The molecule has 0 bridgehead atoms. The first-order valence-electron chi connectivity index (χ1n) is 8.34. The minimum absolute atomic E-state index is 0.0995. The number of ether oxygens (including phenoxy) is 1. The van der Waals surface area contributed by atoms with Gasteiger partial charge >= 0.3 is 24.5 Å². The molecular formula is C19H18F6N2O4. The predicted octanol–water partition coefficient (Wildman–Crippen LogP) is 4.68. The zero-order chi connectivity index (χ0) is 24.0. The van der Waals surface area contributed by atoms with E-state index in [4.69, 9.17) is 5.11 Å². The summed E-state index contributed by atoms with van der Waals surface area (Å²) in [5.74, 6) is -2.78. The van der Waals surface area contributed by atoms with Gasteiger partial charge in [-0.1, -0.05) is 18.2 Å². The van der Waals surface area contributed by atoms with Crippen molar-refractivity contribution in [2.24, 2.45) is 0 Å². The molecule has 0 saturated heterocycles. The number of benzene rings is 2. The molecule has 0 aromatic heterocycles. The van der Waals surface area contributed by atoms with Crippen LogP contribution in [0.2, 0.25) is 0 Å². The number of hydrogen-bond acceptors (Lipinski definition) is 5. The normalized spacial score (nSPS) is 11.4. The van der Waals surface area contributed by atoms with E-state index in [1.165, 1.54) is 41.3 Å². The summed E-state index contributed by atoms with van der Waals surface area (Å²) in [5.41, 5.74) is -1.59. The van der Waals surface area contributed by atoms with Gasteiger partial charge in [-0.2, -0.15) is 13.2 Å². The largest absolute Gasteiger partial charge is 0.575 e. The minimum Gasteiger partial charge on any atom is -0.478 e. The van der Waals surface area contributed by atoms with E-state index >= 15 is 0 Å². The molecule has 6 nitrogen and oxygen atoms in total. The van der Waals surface area contributed by atoms with E-state index in [2.05, 4.69) is 4.74 Å². The molecule has 0 spiro atoms. The Bertz CT molecular complexity index is 899. The lowest BCUT2D eigenvalue weighted by molar-refractivity contribution is -0.291. The molecule has 170 valence electrons. The Balaban J connectivity index is 0.000000327. The highest BCUT2D eigenvalue weighted by Gasteiger charge is 2.36. The van der Waals surface area contributed by atoms with Gasteiger partial charge in [0.2, 0.25) is 0 Å². The number of halogens is 6. The van der Waals surface area contributed by atoms with Gasteiger partial charge in [0.15, 0.2) is 0 Å². The highest BCUT2D eigenvalue weighted by molar-refractivity contribution is 5.89. The molecule has 0 heterocycles. The number of hydrazine groups is 1. The van der Waals surface area contributed by atoms with Crippen LogP contribution in [-0.4, -0.2) is 49.6 Å². The number of rotatable bonds is 4. The van der Waals surface area contributed by atoms with Crippen molar-refractivity contribution in [1.29, 1.82) is 0 Å². The molecule has 2 aromatic rings. The summed E-state index contributed by atoms with van der Waals surface area (Å²) in [5, 5.41) is 11.5. The Kier molecular flexibility index (Phi) is 8.44. The molecule has 0 unspecified atom stereocenters. The van der Waals surface area contributed by atoms with Crippen molar-refractivity contribution < 1.29 is 45.8 Å². The average Bonchev–Trinajstić information content (AvgIpc) is 2.66. The first kappa shape index (κ1) is 25.8. The molecule has 0 aliphatic carbocycles. The van der Waals surface area contributed by atoms with Gasteiger partial charge < -0.3 is 14.9 Å². The molecule has 1 N–H and O–H groups in total. The maximum absolute atomic E-state index is 12.9. The summed E-state index contributed by atoms with van der Waals surface area (Å²) in [6, 6.07) is 9.91. The highest BCUT2D eigenvalue weighted by Crippen LogP contribution is 2.37. The van der Waals surface area contributed by atoms with Crippen LogP contribution in [0.4, 0.5) is 32.0 Å². The van der Waals surface area contributed by atoms with Gasteiger partial charge in [0.1, 0.15) is 0 Å². The van der Waals surface area contributed by atoms with Gasteiger partial charge in [0, 0.05) is 21.1 Å². The number of carboxylic acids is 1. The fourth-order valence-electron chi connectivity index (χ4n) is 2.13. The average molecular weight is 452 g/mol. The summed E-state index contributed by atoms with van der Waals surface area (Å²) in [7, 11) is 4.64. The standard InChI is InChI=1S/C11H13F3N2O2.C8H5F3O2/c1-15(2)16(3)9-5-4-7(10(17)18)6-8(9)11(12,13)14;9-8(10,11)13-7(12)6-4-2-1-3-5-6/h4-6H,1-3H3,(H,17,18);1-5H. The monoisotopic (exact) mass is 452 g/mol. The van der Waals surface area contributed by atoms with E-state index in [0.29, 0.717) is 6.07 Å². The van der Waals surface area contributed by atoms with Crippen LogP contribution in [0.5, 0.6) is 0 Å². The van der Waals surface area contributed by atoms with Crippen LogP contribution in [0, 0.1) is 0 Å². The Morgan fingerprint density at radius 3 is 1.84 bits per heavy atom. The number of alkyl halides is 6. The second-order valence-electron chi connectivity index (χ2n) is 6.11. The summed E-state index contributed by atoms with van der Waals surface area (Å²) in [6.45, 7) is 0. The van der Waals surface area contributed by atoms with Gasteiger partial charge in [-0.25, -0.2) is 14.6 Å². The van der Waals surface area contributed by atoms with E-state index in [0.717, 1.165) is 12.1 Å². The van der Waals surface area contributed by atoms with Crippen molar-refractivity contribution in [3.8, 4) is 0 Å². The predicted molar refractivity (Wildman–Crippen MR) is 98.4 cm³/mol. The van der Waals surface area contributed by atoms with Crippen LogP contribution in [0.15, 0.2) is 48.5 Å². The number of aromatic carboxylic acids is 1. The lowest BCUT2D eigenvalue weighted by Crippen LogP contribution is -2.34. The molecule has 0 atom stereocenters. The fourth-order valence-corrected chi connectivity index (χ4v) is 2.13. The van der Waals surface area contributed by atoms with Gasteiger partial charge in [0.25, 0.3) is 0 Å². The first-order chi connectivity index (χ1) is 14.1. The number of esters is 1. The van der Waals surface area contributed by atoms with Crippen LogP contribution >= 0.6 is 0 Å². The maximum atomic E-state index is 12.9. The third-order valence-corrected chi connectivity index (χ3v) is 3.72. The van der Waals surface area contributed by atoms with Crippen LogP contribution in [0.3, 0.4) is 0 Å². The number of carbonyl (C=O) groups excluding carboxylic acids is 1. The molecule has 0 aliphatic heterocycles. The topological polar surface area (TPSA) is 70.1 Å². The minimum atomic E-state index is -4.92. The van der Waals surface area contributed by atoms with E-state index < -0.39 is 35.6 Å². The maximum Gasteiger partial charge on any atom is 0.575 e. The van der Waals surface area contributed by atoms with E-state index in [9.17, 15) is 35.9 Å². The molecule has 12 heteroatoms. The summed E-state index contributed by atoms with van der Waals surface area (Å²) in [6.07, 6.45) is -9.53. The van der Waals surface area contributed by atoms with Crippen molar-refractivity contribution in [1.82, 2.24) is 5.01 Å². The third-order valence-electron chi connectivity index (χ3n) is 3.72. The van der Waals surface area contributed by atoms with Gasteiger partial charge in [-0.05, 0) is 30.3 Å². The van der Waals surface area contributed by atoms with Crippen LogP contribution in [0.25, 0.3) is 0 Å². The Morgan fingerprint density at radius 2 is 1.42 bits per heavy atom. The van der Waals surface area contributed by atoms with E-state index in [1.807, 2.05) is 0 Å². The smallest absolute Gasteiger partial charge is 0.478 e. The number of carboxylic acid groups (broad SMARTS) is 1. The lowest BCUT2D eigenvalue weighted by atomic mass is 10.1.